The fourth-order valence-corrected chi connectivity index (χ4v) is 0.516. The summed E-state index contributed by atoms with van der Waals surface area (Å²) in [6, 6.07) is 0. The lowest BCUT2D eigenvalue weighted by atomic mass is 10.3. The second-order valence-electron chi connectivity index (χ2n) is 3.91. The van der Waals surface area contributed by atoms with Crippen molar-refractivity contribution in [2.45, 2.75) is 20.8 Å². The third kappa shape index (κ3) is 10.7. The van der Waals surface area contributed by atoms with Crippen molar-refractivity contribution in [3.8, 4) is 0 Å². The summed E-state index contributed by atoms with van der Waals surface area (Å²) in [6.45, 7) is 18.2. The van der Waals surface area contributed by atoms with Crippen LogP contribution in [0.5, 0.6) is 0 Å². The SMILES string of the molecule is C=C(C)C(=O)OC(=O)C(=C)C.C=CCOC(=O)C(=C)C. The monoisotopic (exact) mass is 280 g/mol. The number of hydrogen-bond donors (Lipinski definition) is 0. The zero-order valence-electron chi connectivity index (χ0n) is 12.2. The number of carbonyl (C=O) groups excluding carboxylic acids is 3. The zero-order valence-corrected chi connectivity index (χ0v) is 12.2. The summed E-state index contributed by atoms with van der Waals surface area (Å²) in [6.07, 6.45) is 1.51. The Labute approximate surface area is 119 Å². The van der Waals surface area contributed by atoms with Gasteiger partial charge in [0.2, 0.25) is 0 Å². The van der Waals surface area contributed by atoms with Gasteiger partial charge in [-0.1, -0.05) is 32.4 Å². The molecule has 0 bridgehead atoms. The van der Waals surface area contributed by atoms with E-state index >= 15 is 0 Å². The van der Waals surface area contributed by atoms with E-state index in [1.807, 2.05) is 0 Å². The summed E-state index contributed by atoms with van der Waals surface area (Å²) in [7, 11) is 0. The van der Waals surface area contributed by atoms with Crippen molar-refractivity contribution < 1.29 is 23.9 Å². The van der Waals surface area contributed by atoms with Gasteiger partial charge >= 0.3 is 17.9 Å². The van der Waals surface area contributed by atoms with Crippen molar-refractivity contribution in [3.05, 3.63) is 49.1 Å². The molecule has 0 aromatic rings. The maximum absolute atomic E-state index is 10.7. The van der Waals surface area contributed by atoms with Crippen molar-refractivity contribution in [1.29, 1.82) is 0 Å². The molecule has 20 heavy (non-hydrogen) atoms. The van der Waals surface area contributed by atoms with Crippen molar-refractivity contribution in [2.75, 3.05) is 6.61 Å². The third-order valence-electron chi connectivity index (χ3n) is 1.56. The zero-order chi connectivity index (χ0) is 16.3. The average Bonchev–Trinajstić information content (AvgIpc) is 2.35. The summed E-state index contributed by atoms with van der Waals surface area (Å²) < 4.78 is 8.89. The molecule has 5 heteroatoms. The van der Waals surface area contributed by atoms with Crippen LogP contribution < -0.4 is 0 Å². The predicted molar refractivity (Wildman–Crippen MR) is 76.7 cm³/mol. The van der Waals surface area contributed by atoms with E-state index in [-0.39, 0.29) is 23.7 Å². The second kappa shape index (κ2) is 10.5. The Morgan fingerprint density at radius 3 is 1.45 bits per heavy atom. The Morgan fingerprint density at radius 2 is 1.20 bits per heavy atom. The highest BCUT2D eigenvalue weighted by atomic mass is 16.6. The largest absolute Gasteiger partial charge is 0.458 e. The number of esters is 3. The van der Waals surface area contributed by atoms with E-state index in [0.29, 0.717) is 5.57 Å². The molecule has 5 nitrogen and oxygen atoms in total. The van der Waals surface area contributed by atoms with Crippen LogP contribution in [0.15, 0.2) is 49.1 Å². The molecule has 0 saturated carbocycles. The maximum atomic E-state index is 10.7. The van der Waals surface area contributed by atoms with E-state index in [4.69, 9.17) is 0 Å². The Bertz CT molecular complexity index is 419. The molecule has 0 N–H and O–H groups in total. The van der Waals surface area contributed by atoms with E-state index < -0.39 is 11.9 Å². The molecule has 0 rings (SSSR count). The van der Waals surface area contributed by atoms with Gasteiger partial charge in [-0.2, -0.15) is 0 Å². The normalized spacial score (nSPS) is 8.35. The highest BCUT2D eigenvalue weighted by Gasteiger charge is 2.10. The molecule has 0 unspecified atom stereocenters. The first kappa shape index (κ1) is 19.9. The van der Waals surface area contributed by atoms with Gasteiger partial charge in [-0.25, -0.2) is 14.4 Å². The molecule has 0 amide bonds. The highest BCUT2D eigenvalue weighted by molar-refractivity contribution is 6.00. The van der Waals surface area contributed by atoms with Gasteiger partial charge in [-0.3, -0.25) is 0 Å². The van der Waals surface area contributed by atoms with Gasteiger partial charge in [-0.15, -0.1) is 0 Å². The van der Waals surface area contributed by atoms with Crippen LogP contribution in [0.3, 0.4) is 0 Å². The predicted octanol–water partition coefficient (Wildman–Crippen LogP) is 2.50. The highest BCUT2D eigenvalue weighted by Crippen LogP contribution is 1.97. The summed E-state index contributed by atoms with van der Waals surface area (Å²) in [5.41, 5.74) is 0.802. The van der Waals surface area contributed by atoms with Crippen molar-refractivity contribution >= 4 is 17.9 Å². The summed E-state index contributed by atoms with van der Waals surface area (Å²) >= 11 is 0. The third-order valence-corrected chi connectivity index (χ3v) is 1.56. The molecule has 0 radical (unpaired) electrons. The molecule has 0 heterocycles. The Morgan fingerprint density at radius 1 is 0.850 bits per heavy atom. The minimum Gasteiger partial charge on any atom is -0.458 e. The van der Waals surface area contributed by atoms with E-state index in [1.54, 1.807) is 6.92 Å². The van der Waals surface area contributed by atoms with Gasteiger partial charge in [0.15, 0.2) is 0 Å². The number of carbonyl (C=O) groups is 3. The van der Waals surface area contributed by atoms with E-state index in [9.17, 15) is 14.4 Å². The first-order valence-electron chi connectivity index (χ1n) is 5.64. The average molecular weight is 280 g/mol. The Hall–Kier alpha value is -2.43. The van der Waals surface area contributed by atoms with Crippen molar-refractivity contribution in [3.63, 3.8) is 0 Å². The quantitative estimate of drug-likeness (QED) is 0.335. The van der Waals surface area contributed by atoms with Gasteiger partial charge in [0.1, 0.15) is 6.61 Å². The number of hydrogen-bond acceptors (Lipinski definition) is 5. The summed E-state index contributed by atoms with van der Waals surface area (Å²) in [5, 5.41) is 0. The van der Waals surface area contributed by atoms with Gasteiger partial charge in [0, 0.05) is 16.7 Å². The van der Waals surface area contributed by atoms with Crippen LogP contribution in [0, 0.1) is 0 Å². The molecule has 0 aliphatic heterocycles. The standard InChI is InChI=1S/C8H10O3.C7H10O2/c1-5(2)7(9)11-8(10)6(3)4;1-4-5-9-7(8)6(2)3/h1,3H2,2,4H3;4H,1-2,5H2,3H3. The smallest absolute Gasteiger partial charge is 0.340 e. The van der Waals surface area contributed by atoms with Crippen molar-refractivity contribution in [2.24, 2.45) is 0 Å². The second-order valence-corrected chi connectivity index (χ2v) is 3.91. The molecule has 0 saturated heterocycles. The molecule has 110 valence electrons. The summed E-state index contributed by atoms with van der Waals surface area (Å²) in [4.78, 5) is 31.9. The minimum atomic E-state index is -0.710. The molecule has 0 fully saturated rings. The van der Waals surface area contributed by atoms with Crippen LogP contribution in [0.2, 0.25) is 0 Å². The van der Waals surface area contributed by atoms with Crippen LogP contribution in [-0.2, 0) is 23.9 Å². The molecule has 0 spiro atoms. The molecular formula is C15H20O5. The molecule has 0 aromatic carbocycles. The Balaban J connectivity index is 0. The van der Waals surface area contributed by atoms with Gasteiger partial charge in [-0.05, 0) is 20.8 Å². The fourth-order valence-electron chi connectivity index (χ4n) is 0.516. The van der Waals surface area contributed by atoms with E-state index in [1.165, 1.54) is 19.9 Å². The van der Waals surface area contributed by atoms with Gasteiger partial charge < -0.3 is 9.47 Å². The molecule has 0 aromatic heterocycles. The van der Waals surface area contributed by atoms with Gasteiger partial charge in [0.25, 0.3) is 0 Å². The lowest BCUT2D eigenvalue weighted by Gasteiger charge is -1.99. The topological polar surface area (TPSA) is 69.7 Å². The molecule has 0 atom stereocenters. The lowest BCUT2D eigenvalue weighted by molar-refractivity contribution is -0.154. The van der Waals surface area contributed by atoms with Crippen LogP contribution >= 0.6 is 0 Å². The van der Waals surface area contributed by atoms with Crippen LogP contribution in [0.1, 0.15) is 20.8 Å². The van der Waals surface area contributed by atoms with Crippen LogP contribution in [0.25, 0.3) is 0 Å². The molecule has 0 aliphatic carbocycles. The lowest BCUT2D eigenvalue weighted by Crippen LogP contribution is -2.12. The Kier molecular flexibility index (Phi) is 10.4. The van der Waals surface area contributed by atoms with Crippen molar-refractivity contribution in [1.82, 2.24) is 0 Å². The minimum absolute atomic E-state index is 0.194. The molecule has 0 aliphatic rings. The summed E-state index contributed by atoms with van der Waals surface area (Å²) in [5.74, 6) is -1.79. The van der Waals surface area contributed by atoms with E-state index in [0.717, 1.165) is 0 Å². The molecular weight excluding hydrogens is 260 g/mol. The van der Waals surface area contributed by atoms with Crippen LogP contribution in [0.4, 0.5) is 0 Å². The first-order chi connectivity index (χ1) is 9.13. The maximum Gasteiger partial charge on any atom is 0.340 e. The van der Waals surface area contributed by atoms with E-state index in [2.05, 4.69) is 35.8 Å². The number of rotatable bonds is 5. The number of ether oxygens (including phenoxy) is 2. The first-order valence-corrected chi connectivity index (χ1v) is 5.64. The van der Waals surface area contributed by atoms with Crippen LogP contribution in [-0.4, -0.2) is 24.5 Å². The fraction of sp³-hybridized carbons (Fsp3) is 0.267. The van der Waals surface area contributed by atoms with Gasteiger partial charge in [0.05, 0.1) is 0 Å².